The first-order valence-corrected chi connectivity index (χ1v) is 6.29. The number of aryl methyl sites for hydroxylation is 1. The molecule has 0 aliphatic heterocycles. The van der Waals surface area contributed by atoms with Gasteiger partial charge in [-0.2, -0.15) is 0 Å². The molecule has 0 atom stereocenters. The van der Waals surface area contributed by atoms with Gasteiger partial charge in [0.1, 0.15) is 5.54 Å². The van der Waals surface area contributed by atoms with Crippen molar-refractivity contribution < 1.29 is 14.7 Å². The van der Waals surface area contributed by atoms with Gasteiger partial charge in [-0.05, 0) is 30.9 Å². The third kappa shape index (κ3) is 3.01. The molecule has 19 heavy (non-hydrogen) atoms. The Labute approximate surface area is 111 Å². The molecule has 6 nitrogen and oxygen atoms in total. The molecule has 0 bridgehead atoms. The number of aromatic nitrogens is 1. The van der Waals surface area contributed by atoms with Crippen LogP contribution in [0.1, 0.15) is 31.0 Å². The first-order chi connectivity index (χ1) is 9.07. The summed E-state index contributed by atoms with van der Waals surface area (Å²) in [5.41, 5.74) is 0.824. The van der Waals surface area contributed by atoms with Crippen molar-refractivity contribution in [2.75, 3.05) is 0 Å². The van der Waals surface area contributed by atoms with Gasteiger partial charge in [-0.25, -0.2) is 9.59 Å². The van der Waals surface area contributed by atoms with Crippen molar-refractivity contribution in [1.29, 1.82) is 0 Å². The summed E-state index contributed by atoms with van der Waals surface area (Å²) in [6.45, 7) is 2.32. The maximum Gasteiger partial charge on any atom is 0.329 e. The fourth-order valence-corrected chi connectivity index (χ4v) is 1.90. The van der Waals surface area contributed by atoms with Crippen molar-refractivity contribution in [3.05, 3.63) is 29.6 Å². The molecule has 1 fully saturated rings. The molecule has 0 unspecified atom stereocenters. The minimum atomic E-state index is -1.05. The maximum absolute atomic E-state index is 11.7. The van der Waals surface area contributed by atoms with E-state index in [1.54, 1.807) is 6.20 Å². The Morgan fingerprint density at radius 1 is 1.47 bits per heavy atom. The van der Waals surface area contributed by atoms with Gasteiger partial charge in [0.05, 0.1) is 12.2 Å². The molecule has 0 aromatic carbocycles. The fourth-order valence-electron chi connectivity index (χ4n) is 1.90. The second-order valence-electron chi connectivity index (χ2n) is 4.66. The lowest BCUT2D eigenvalue weighted by Crippen LogP contribution is -2.47. The molecule has 1 saturated carbocycles. The molecular formula is C13H17N3O3. The molecule has 1 aromatic rings. The first kappa shape index (κ1) is 13.3. The highest BCUT2D eigenvalue weighted by molar-refractivity contribution is 5.88. The van der Waals surface area contributed by atoms with Crippen molar-refractivity contribution in [2.45, 2.75) is 38.3 Å². The number of carboxylic acid groups (broad SMARTS) is 1. The first-order valence-electron chi connectivity index (χ1n) is 6.29. The van der Waals surface area contributed by atoms with E-state index in [0.29, 0.717) is 19.4 Å². The number of nitrogens with one attached hydrogen (secondary N) is 2. The summed E-state index contributed by atoms with van der Waals surface area (Å²) in [7, 11) is 0. The summed E-state index contributed by atoms with van der Waals surface area (Å²) < 4.78 is 0. The minimum Gasteiger partial charge on any atom is -0.480 e. The number of amides is 2. The topological polar surface area (TPSA) is 91.3 Å². The van der Waals surface area contributed by atoms with Crippen LogP contribution in [-0.2, 0) is 17.8 Å². The number of urea groups is 1. The predicted molar refractivity (Wildman–Crippen MR) is 68.6 cm³/mol. The third-order valence-corrected chi connectivity index (χ3v) is 3.29. The van der Waals surface area contributed by atoms with Crippen LogP contribution in [0.3, 0.4) is 0 Å². The van der Waals surface area contributed by atoms with Gasteiger partial charge < -0.3 is 15.7 Å². The Balaban J connectivity index is 1.89. The van der Waals surface area contributed by atoms with Crippen LogP contribution in [0.25, 0.3) is 0 Å². The smallest absolute Gasteiger partial charge is 0.329 e. The monoisotopic (exact) mass is 263 g/mol. The molecule has 1 heterocycles. The third-order valence-electron chi connectivity index (χ3n) is 3.29. The fraction of sp³-hybridized carbons (Fsp3) is 0.462. The van der Waals surface area contributed by atoms with Crippen molar-refractivity contribution in [3.63, 3.8) is 0 Å². The van der Waals surface area contributed by atoms with Crippen molar-refractivity contribution in [1.82, 2.24) is 15.6 Å². The zero-order valence-electron chi connectivity index (χ0n) is 10.8. The maximum atomic E-state index is 11.7. The average Bonchev–Trinajstić information content (AvgIpc) is 3.17. The van der Waals surface area contributed by atoms with Gasteiger partial charge in [-0.1, -0.05) is 13.0 Å². The molecule has 3 N–H and O–H groups in total. The Hall–Kier alpha value is -2.11. The van der Waals surface area contributed by atoms with Crippen LogP contribution in [0.2, 0.25) is 0 Å². The molecule has 0 spiro atoms. The van der Waals surface area contributed by atoms with Crippen molar-refractivity contribution >= 4 is 12.0 Å². The van der Waals surface area contributed by atoms with E-state index in [9.17, 15) is 9.59 Å². The Kier molecular flexibility index (Phi) is 3.69. The molecule has 2 rings (SSSR count). The lowest BCUT2D eigenvalue weighted by atomic mass is 10.1. The van der Waals surface area contributed by atoms with Crippen LogP contribution in [0.4, 0.5) is 4.79 Å². The second kappa shape index (κ2) is 5.26. The summed E-state index contributed by atoms with van der Waals surface area (Å²) in [5.74, 6) is -0.977. The Morgan fingerprint density at radius 3 is 2.79 bits per heavy atom. The SMILES string of the molecule is CCc1cccnc1CNC(=O)NC1(C(=O)O)CC1. The molecule has 102 valence electrons. The number of rotatable bonds is 5. The summed E-state index contributed by atoms with van der Waals surface area (Å²) in [6.07, 6.45) is 3.48. The number of pyridine rings is 1. The standard InChI is InChI=1S/C13H17N3O3/c1-2-9-4-3-7-14-10(9)8-15-12(19)16-13(5-6-13)11(17)18/h3-4,7H,2,5-6,8H2,1H3,(H,17,18)(H2,15,16,19). The lowest BCUT2D eigenvalue weighted by Gasteiger charge is -2.14. The van der Waals surface area contributed by atoms with Gasteiger partial charge in [0.15, 0.2) is 0 Å². The van der Waals surface area contributed by atoms with Crippen LogP contribution in [0, 0.1) is 0 Å². The molecular weight excluding hydrogens is 246 g/mol. The van der Waals surface area contributed by atoms with E-state index in [4.69, 9.17) is 5.11 Å². The van der Waals surface area contributed by atoms with Crippen LogP contribution in [0.15, 0.2) is 18.3 Å². The minimum absolute atomic E-state index is 0.297. The molecule has 1 aliphatic rings. The summed E-state index contributed by atoms with van der Waals surface area (Å²) in [4.78, 5) is 26.8. The van der Waals surface area contributed by atoms with Gasteiger partial charge in [-0.3, -0.25) is 4.98 Å². The van der Waals surface area contributed by atoms with Crippen LogP contribution < -0.4 is 10.6 Å². The van der Waals surface area contributed by atoms with Gasteiger partial charge in [-0.15, -0.1) is 0 Å². The summed E-state index contributed by atoms with van der Waals surface area (Å²) in [6, 6.07) is 3.35. The van der Waals surface area contributed by atoms with E-state index in [0.717, 1.165) is 17.7 Å². The zero-order valence-corrected chi connectivity index (χ0v) is 10.8. The quantitative estimate of drug-likeness (QED) is 0.740. The number of hydrogen-bond donors (Lipinski definition) is 3. The van der Waals surface area contributed by atoms with Crippen molar-refractivity contribution in [2.24, 2.45) is 0 Å². The lowest BCUT2D eigenvalue weighted by molar-refractivity contribution is -0.140. The van der Waals surface area contributed by atoms with Crippen LogP contribution >= 0.6 is 0 Å². The number of carboxylic acids is 1. The Morgan fingerprint density at radius 2 is 2.21 bits per heavy atom. The number of carbonyl (C=O) groups excluding carboxylic acids is 1. The van der Waals surface area contributed by atoms with E-state index in [1.165, 1.54) is 0 Å². The molecule has 6 heteroatoms. The van der Waals surface area contributed by atoms with Crippen LogP contribution in [0.5, 0.6) is 0 Å². The highest BCUT2D eigenvalue weighted by Gasteiger charge is 2.51. The van der Waals surface area contributed by atoms with E-state index in [2.05, 4.69) is 15.6 Å². The van der Waals surface area contributed by atoms with E-state index in [1.807, 2.05) is 19.1 Å². The zero-order chi connectivity index (χ0) is 13.9. The second-order valence-corrected chi connectivity index (χ2v) is 4.66. The van der Waals surface area contributed by atoms with Gasteiger partial charge in [0.2, 0.25) is 0 Å². The summed E-state index contributed by atoms with van der Waals surface area (Å²) >= 11 is 0. The molecule has 2 amide bonds. The highest BCUT2D eigenvalue weighted by Crippen LogP contribution is 2.35. The Bertz CT molecular complexity index is 498. The van der Waals surface area contributed by atoms with Crippen LogP contribution in [-0.4, -0.2) is 27.6 Å². The largest absolute Gasteiger partial charge is 0.480 e. The number of carbonyl (C=O) groups is 2. The molecule has 1 aliphatic carbocycles. The average molecular weight is 263 g/mol. The molecule has 0 radical (unpaired) electrons. The van der Waals surface area contributed by atoms with Gasteiger partial charge >= 0.3 is 12.0 Å². The van der Waals surface area contributed by atoms with Crippen molar-refractivity contribution in [3.8, 4) is 0 Å². The summed E-state index contributed by atoms with van der Waals surface area (Å²) in [5, 5.41) is 14.1. The number of aliphatic carboxylic acids is 1. The van der Waals surface area contributed by atoms with E-state index < -0.39 is 17.5 Å². The molecule has 1 aromatic heterocycles. The number of nitrogens with zero attached hydrogens (tertiary/aromatic N) is 1. The predicted octanol–water partition coefficient (Wildman–Crippen LogP) is 1.06. The van der Waals surface area contributed by atoms with Gasteiger partial charge in [0.25, 0.3) is 0 Å². The van der Waals surface area contributed by atoms with E-state index >= 15 is 0 Å². The highest BCUT2D eigenvalue weighted by atomic mass is 16.4. The molecule has 0 saturated heterocycles. The number of hydrogen-bond acceptors (Lipinski definition) is 3. The van der Waals surface area contributed by atoms with Gasteiger partial charge in [0, 0.05) is 6.20 Å². The van der Waals surface area contributed by atoms with E-state index in [-0.39, 0.29) is 0 Å². The normalized spacial score (nSPS) is 15.6.